The number of hydrogen-bond acceptors (Lipinski definition) is 4. The Labute approximate surface area is 114 Å². The Kier molecular flexibility index (Phi) is 4.38. The predicted octanol–water partition coefficient (Wildman–Crippen LogP) is 3.60. The second-order valence-corrected chi connectivity index (χ2v) is 4.71. The zero-order valence-electron chi connectivity index (χ0n) is 9.65. The molecule has 18 heavy (non-hydrogen) atoms. The van der Waals surface area contributed by atoms with Crippen LogP contribution in [0.2, 0.25) is 5.15 Å². The number of hydrogen-bond donors (Lipinski definition) is 1. The number of halogens is 2. The molecule has 0 atom stereocenters. The first-order valence-corrected chi connectivity index (χ1v) is 6.84. The average Bonchev–Trinajstić information content (AvgIpc) is 2.36. The summed E-state index contributed by atoms with van der Waals surface area (Å²) in [6.07, 6.45) is 1.88. The van der Waals surface area contributed by atoms with Gasteiger partial charge in [-0.05, 0) is 24.0 Å². The van der Waals surface area contributed by atoms with Gasteiger partial charge in [-0.3, -0.25) is 0 Å². The van der Waals surface area contributed by atoms with E-state index >= 15 is 0 Å². The maximum Gasteiger partial charge on any atom is 0.190 e. The summed E-state index contributed by atoms with van der Waals surface area (Å²) in [6.45, 7) is 0.485. The molecule has 0 aliphatic carbocycles. The van der Waals surface area contributed by atoms with Crippen LogP contribution < -0.4 is 5.32 Å². The van der Waals surface area contributed by atoms with Crippen LogP contribution >= 0.6 is 23.4 Å². The normalized spacial score (nSPS) is 10.4. The van der Waals surface area contributed by atoms with Crippen LogP contribution in [0.4, 0.5) is 10.2 Å². The number of anilines is 1. The molecule has 0 aliphatic rings. The summed E-state index contributed by atoms with van der Waals surface area (Å²) < 4.78 is 13.0. The first-order valence-electron chi connectivity index (χ1n) is 5.24. The van der Waals surface area contributed by atoms with Crippen molar-refractivity contribution in [1.29, 1.82) is 0 Å². The van der Waals surface area contributed by atoms with E-state index in [9.17, 15) is 4.39 Å². The topological polar surface area (TPSA) is 37.8 Å². The van der Waals surface area contributed by atoms with Gasteiger partial charge in [-0.2, -0.15) is 0 Å². The van der Waals surface area contributed by atoms with Crippen LogP contribution in [0, 0.1) is 5.82 Å². The largest absolute Gasteiger partial charge is 0.366 e. The standard InChI is InChI=1S/C12H11ClFN3S/c1-18-12-16-10(13)6-11(17-12)15-7-8-3-2-4-9(14)5-8/h2-6H,7H2,1H3,(H,15,16,17). The number of nitrogens with zero attached hydrogens (tertiary/aromatic N) is 2. The molecule has 1 heterocycles. The molecule has 3 nitrogen and oxygen atoms in total. The van der Waals surface area contributed by atoms with Crippen molar-refractivity contribution >= 4 is 29.2 Å². The zero-order chi connectivity index (χ0) is 13.0. The molecule has 0 spiro atoms. The summed E-state index contributed by atoms with van der Waals surface area (Å²) in [5, 5.41) is 4.07. The van der Waals surface area contributed by atoms with E-state index < -0.39 is 0 Å². The van der Waals surface area contributed by atoms with Crippen molar-refractivity contribution in [3.05, 3.63) is 46.9 Å². The number of rotatable bonds is 4. The molecule has 0 saturated carbocycles. The Morgan fingerprint density at radius 3 is 2.89 bits per heavy atom. The lowest BCUT2D eigenvalue weighted by Gasteiger charge is -2.07. The van der Waals surface area contributed by atoms with Crippen molar-refractivity contribution in [3.63, 3.8) is 0 Å². The van der Waals surface area contributed by atoms with Gasteiger partial charge in [-0.15, -0.1) is 0 Å². The molecule has 0 bridgehead atoms. The van der Waals surface area contributed by atoms with Crippen LogP contribution in [0.3, 0.4) is 0 Å². The van der Waals surface area contributed by atoms with Crippen molar-refractivity contribution in [3.8, 4) is 0 Å². The molecule has 0 unspecified atom stereocenters. The highest BCUT2D eigenvalue weighted by Gasteiger charge is 2.02. The summed E-state index contributed by atoms with van der Waals surface area (Å²) >= 11 is 7.29. The van der Waals surface area contributed by atoms with Gasteiger partial charge in [0.25, 0.3) is 0 Å². The van der Waals surface area contributed by atoms with Crippen molar-refractivity contribution in [2.24, 2.45) is 0 Å². The van der Waals surface area contributed by atoms with Gasteiger partial charge in [0.1, 0.15) is 16.8 Å². The van der Waals surface area contributed by atoms with Gasteiger partial charge >= 0.3 is 0 Å². The first-order chi connectivity index (χ1) is 8.67. The molecule has 2 rings (SSSR count). The van der Waals surface area contributed by atoms with E-state index in [4.69, 9.17) is 11.6 Å². The third-order valence-electron chi connectivity index (χ3n) is 2.22. The number of nitrogens with one attached hydrogen (secondary N) is 1. The van der Waals surface area contributed by atoms with Crippen molar-refractivity contribution in [2.75, 3.05) is 11.6 Å². The Hall–Kier alpha value is -1.33. The molecular weight excluding hydrogens is 273 g/mol. The molecular formula is C12H11ClFN3S. The van der Waals surface area contributed by atoms with E-state index in [-0.39, 0.29) is 5.82 Å². The summed E-state index contributed by atoms with van der Waals surface area (Å²) in [7, 11) is 0. The van der Waals surface area contributed by atoms with E-state index in [2.05, 4.69) is 15.3 Å². The maximum absolute atomic E-state index is 13.0. The van der Waals surface area contributed by atoms with Crippen LogP contribution in [0.5, 0.6) is 0 Å². The zero-order valence-corrected chi connectivity index (χ0v) is 11.2. The summed E-state index contributed by atoms with van der Waals surface area (Å²) in [6, 6.07) is 8.05. The highest BCUT2D eigenvalue weighted by Crippen LogP contribution is 2.17. The number of benzene rings is 1. The monoisotopic (exact) mass is 283 g/mol. The van der Waals surface area contributed by atoms with E-state index in [1.54, 1.807) is 12.1 Å². The fourth-order valence-electron chi connectivity index (χ4n) is 1.42. The van der Waals surface area contributed by atoms with Gasteiger partial charge in [-0.1, -0.05) is 35.5 Å². The van der Waals surface area contributed by atoms with Crippen LogP contribution in [-0.4, -0.2) is 16.2 Å². The average molecular weight is 284 g/mol. The van der Waals surface area contributed by atoms with Gasteiger partial charge in [0, 0.05) is 12.6 Å². The summed E-state index contributed by atoms with van der Waals surface area (Å²) in [4.78, 5) is 8.29. The molecule has 2 aromatic rings. The minimum Gasteiger partial charge on any atom is -0.366 e. The van der Waals surface area contributed by atoms with E-state index in [0.717, 1.165) is 5.56 Å². The van der Waals surface area contributed by atoms with Crippen molar-refractivity contribution in [1.82, 2.24) is 9.97 Å². The second kappa shape index (κ2) is 6.02. The molecule has 94 valence electrons. The van der Waals surface area contributed by atoms with E-state index in [0.29, 0.717) is 22.7 Å². The van der Waals surface area contributed by atoms with Gasteiger partial charge in [0.05, 0.1) is 0 Å². The summed E-state index contributed by atoms with van der Waals surface area (Å²) in [5.74, 6) is 0.378. The molecule has 1 aromatic heterocycles. The number of thioether (sulfide) groups is 1. The van der Waals surface area contributed by atoms with Gasteiger partial charge in [-0.25, -0.2) is 14.4 Å². The van der Waals surface area contributed by atoms with Crippen LogP contribution in [0.15, 0.2) is 35.5 Å². The van der Waals surface area contributed by atoms with Crippen molar-refractivity contribution < 1.29 is 4.39 Å². The van der Waals surface area contributed by atoms with Gasteiger partial charge in [0.15, 0.2) is 5.16 Å². The molecule has 1 N–H and O–H groups in total. The smallest absolute Gasteiger partial charge is 0.190 e. The molecule has 1 aromatic carbocycles. The molecule has 0 radical (unpaired) electrons. The number of aromatic nitrogens is 2. The van der Waals surface area contributed by atoms with Gasteiger partial charge in [0.2, 0.25) is 0 Å². The lowest BCUT2D eigenvalue weighted by Crippen LogP contribution is -2.03. The highest BCUT2D eigenvalue weighted by molar-refractivity contribution is 7.98. The SMILES string of the molecule is CSc1nc(Cl)cc(NCc2cccc(F)c2)n1. The third-order valence-corrected chi connectivity index (χ3v) is 2.96. The molecule has 6 heteroatoms. The fourth-order valence-corrected chi connectivity index (χ4v) is 2.03. The van der Waals surface area contributed by atoms with Crippen LogP contribution in [0.25, 0.3) is 0 Å². The van der Waals surface area contributed by atoms with E-state index in [1.165, 1.54) is 23.9 Å². The fraction of sp³-hybridized carbons (Fsp3) is 0.167. The lowest BCUT2D eigenvalue weighted by atomic mass is 10.2. The predicted molar refractivity (Wildman–Crippen MR) is 72.5 cm³/mol. The molecule has 0 amide bonds. The minimum atomic E-state index is -0.250. The van der Waals surface area contributed by atoms with Gasteiger partial charge < -0.3 is 5.32 Å². The van der Waals surface area contributed by atoms with Crippen LogP contribution in [-0.2, 0) is 6.54 Å². The van der Waals surface area contributed by atoms with Crippen molar-refractivity contribution in [2.45, 2.75) is 11.7 Å². The minimum absolute atomic E-state index is 0.250. The Bertz CT molecular complexity index is 551. The quantitative estimate of drug-likeness (QED) is 0.528. The molecule has 0 fully saturated rings. The Balaban J connectivity index is 2.08. The second-order valence-electron chi connectivity index (χ2n) is 3.55. The Morgan fingerprint density at radius 2 is 2.17 bits per heavy atom. The highest BCUT2D eigenvalue weighted by atomic mass is 35.5. The lowest BCUT2D eigenvalue weighted by molar-refractivity contribution is 0.626. The summed E-state index contributed by atoms with van der Waals surface area (Å²) in [5.41, 5.74) is 0.843. The Morgan fingerprint density at radius 1 is 1.33 bits per heavy atom. The molecule has 0 saturated heterocycles. The maximum atomic E-state index is 13.0. The van der Waals surface area contributed by atoms with E-state index in [1.807, 2.05) is 12.3 Å². The van der Waals surface area contributed by atoms with Crippen LogP contribution in [0.1, 0.15) is 5.56 Å². The molecule has 0 aliphatic heterocycles. The third kappa shape index (κ3) is 3.58. The first kappa shape index (κ1) is 13.1.